The van der Waals surface area contributed by atoms with E-state index < -0.39 is 10.0 Å². The maximum Gasteiger partial charge on any atom is 0.235 e. The van der Waals surface area contributed by atoms with Crippen molar-refractivity contribution in [3.8, 4) is 0 Å². The monoisotopic (exact) mass is 265 g/mol. The van der Waals surface area contributed by atoms with Crippen molar-refractivity contribution >= 4 is 38.9 Å². The van der Waals surface area contributed by atoms with Crippen molar-refractivity contribution in [3.63, 3.8) is 0 Å². The molecule has 0 radical (unpaired) electrons. The van der Waals surface area contributed by atoms with Crippen LogP contribution in [-0.4, -0.2) is 20.7 Å². The smallest absolute Gasteiger partial charge is 0.235 e. The fraction of sp³-hybridized carbons (Fsp3) is 0.333. The van der Waals surface area contributed by atoms with Crippen molar-refractivity contribution in [2.24, 2.45) is 0 Å². The highest BCUT2D eigenvalue weighted by atomic mass is 35.5. The molecule has 1 aromatic carbocycles. The van der Waals surface area contributed by atoms with E-state index in [9.17, 15) is 8.42 Å². The second-order valence-electron chi connectivity index (χ2n) is 3.37. The molecule has 0 unspecified atom stereocenters. The summed E-state index contributed by atoms with van der Waals surface area (Å²) >= 11 is 11.6. The van der Waals surface area contributed by atoms with E-state index in [0.29, 0.717) is 28.7 Å². The molecule has 1 heterocycles. The lowest BCUT2D eigenvalue weighted by Crippen LogP contribution is -2.24. The summed E-state index contributed by atoms with van der Waals surface area (Å²) in [5, 5.41) is 0.888. The fourth-order valence-electron chi connectivity index (χ4n) is 1.61. The highest BCUT2D eigenvalue weighted by molar-refractivity contribution is 7.93. The highest BCUT2D eigenvalue weighted by Crippen LogP contribution is 2.29. The summed E-state index contributed by atoms with van der Waals surface area (Å²) in [7, 11) is -3.16. The molecule has 15 heavy (non-hydrogen) atoms. The zero-order valence-corrected chi connectivity index (χ0v) is 10.1. The van der Waals surface area contributed by atoms with E-state index in [1.807, 2.05) is 0 Å². The number of anilines is 1. The standard InChI is InChI=1S/C9H9Cl2NO2S/c10-7-4-8(11)6-9(5-7)12-2-1-3-15(12,13)14/h4-6H,1-3H2. The van der Waals surface area contributed by atoms with Gasteiger partial charge in [0.2, 0.25) is 10.0 Å². The topological polar surface area (TPSA) is 37.4 Å². The van der Waals surface area contributed by atoms with Gasteiger partial charge in [-0.1, -0.05) is 23.2 Å². The maximum absolute atomic E-state index is 11.6. The molecular weight excluding hydrogens is 257 g/mol. The average molecular weight is 266 g/mol. The molecule has 1 fully saturated rings. The van der Waals surface area contributed by atoms with Gasteiger partial charge in [-0.25, -0.2) is 8.42 Å². The van der Waals surface area contributed by atoms with Crippen LogP contribution in [-0.2, 0) is 10.0 Å². The van der Waals surface area contributed by atoms with Gasteiger partial charge in [0.05, 0.1) is 11.4 Å². The first-order valence-corrected chi connectivity index (χ1v) is 6.82. The number of hydrogen-bond acceptors (Lipinski definition) is 2. The number of sulfonamides is 1. The van der Waals surface area contributed by atoms with Gasteiger partial charge < -0.3 is 0 Å². The number of benzene rings is 1. The Hall–Kier alpha value is -0.450. The first kappa shape index (κ1) is 11.0. The van der Waals surface area contributed by atoms with E-state index >= 15 is 0 Å². The van der Waals surface area contributed by atoms with Gasteiger partial charge in [-0.2, -0.15) is 0 Å². The summed E-state index contributed by atoms with van der Waals surface area (Å²) in [6.45, 7) is 0.499. The third kappa shape index (κ3) is 2.22. The van der Waals surface area contributed by atoms with Crippen LogP contribution in [0.25, 0.3) is 0 Å². The summed E-state index contributed by atoms with van der Waals surface area (Å²) in [5.41, 5.74) is 0.546. The first-order valence-electron chi connectivity index (χ1n) is 4.45. The highest BCUT2D eigenvalue weighted by Gasteiger charge is 2.28. The quantitative estimate of drug-likeness (QED) is 0.783. The number of nitrogens with zero attached hydrogens (tertiary/aromatic N) is 1. The van der Waals surface area contributed by atoms with Gasteiger partial charge in [-0.3, -0.25) is 4.31 Å². The van der Waals surface area contributed by atoms with Gasteiger partial charge >= 0.3 is 0 Å². The molecular formula is C9H9Cl2NO2S. The van der Waals surface area contributed by atoms with Crippen LogP contribution in [0.3, 0.4) is 0 Å². The largest absolute Gasteiger partial charge is 0.270 e. The molecule has 0 bridgehead atoms. The Kier molecular flexibility index (Phi) is 2.83. The predicted molar refractivity (Wildman–Crippen MR) is 62.2 cm³/mol. The minimum absolute atomic E-state index is 0.192. The molecule has 2 rings (SSSR count). The van der Waals surface area contributed by atoms with Crippen molar-refractivity contribution in [1.29, 1.82) is 0 Å². The van der Waals surface area contributed by atoms with Crippen LogP contribution in [0.15, 0.2) is 18.2 Å². The molecule has 0 atom stereocenters. The maximum atomic E-state index is 11.6. The Morgan fingerprint density at radius 1 is 1.13 bits per heavy atom. The third-order valence-electron chi connectivity index (χ3n) is 2.23. The summed E-state index contributed by atoms with van der Waals surface area (Å²) < 4.78 is 24.6. The summed E-state index contributed by atoms with van der Waals surface area (Å²) in [6.07, 6.45) is 0.645. The van der Waals surface area contributed by atoms with Gasteiger partial charge in [0.25, 0.3) is 0 Å². The van der Waals surface area contributed by atoms with Crippen molar-refractivity contribution in [1.82, 2.24) is 0 Å². The van der Waals surface area contributed by atoms with E-state index in [-0.39, 0.29) is 5.75 Å². The lowest BCUT2D eigenvalue weighted by molar-refractivity contribution is 0.599. The van der Waals surface area contributed by atoms with Gasteiger partial charge in [0.15, 0.2) is 0 Å². The van der Waals surface area contributed by atoms with Gasteiger partial charge in [0, 0.05) is 16.6 Å². The second kappa shape index (κ2) is 3.85. The van der Waals surface area contributed by atoms with E-state index in [1.54, 1.807) is 18.2 Å². The second-order valence-corrected chi connectivity index (χ2v) is 6.26. The molecule has 6 heteroatoms. The minimum Gasteiger partial charge on any atom is -0.270 e. The van der Waals surface area contributed by atoms with Crippen LogP contribution in [0, 0.1) is 0 Å². The molecule has 1 aromatic rings. The number of hydrogen-bond donors (Lipinski definition) is 0. The average Bonchev–Trinajstić information content (AvgIpc) is 2.43. The molecule has 82 valence electrons. The van der Waals surface area contributed by atoms with E-state index in [2.05, 4.69) is 0 Å². The minimum atomic E-state index is -3.16. The molecule has 0 N–H and O–H groups in total. The van der Waals surface area contributed by atoms with E-state index in [1.165, 1.54) is 4.31 Å². The van der Waals surface area contributed by atoms with E-state index in [4.69, 9.17) is 23.2 Å². The number of halogens is 2. The number of rotatable bonds is 1. The Labute approximate surface area is 98.6 Å². The van der Waals surface area contributed by atoms with Gasteiger partial charge in [-0.15, -0.1) is 0 Å². The molecule has 0 spiro atoms. The van der Waals surface area contributed by atoms with Crippen LogP contribution in [0.1, 0.15) is 6.42 Å². The van der Waals surface area contributed by atoms with Crippen LogP contribution in [0.5, 0.6) is 0 Å². The molecule has 0 aliphatic carbocycles. The Morgan fingerprint density at radius 3 is 2.20 bits per heavy atom. The summed E-state index contributed by atoms with van der Waals surface area (Å²) in [5.74, 6) is 0.192. The summed E-state index contributed by atoms with van der Waals surface area (Å²) in [6, 6.07) is 4.79. The Bertz CT molecular complexity index is 467. The third-order valence-corrected chi connectivity index (χ3v) is 4.54. The normalized spacial score (nSPS) is 19.5. The lowest BCUT2D eigenvalue weighted by Gasteiger charge is -2.17. The Morgan fingerprint density at radius 2 is 1.73 bits per heavy atom. The fourth-order valence-corrected chi connectivity index (χ4v) is 3.68. The molecule has 0 saturated carbocycles. The zero-order chi connectivity index (χ0) is 11.1. The van der Waals surface area contributed by atoms with Crippen molar-refractivity contribution in [2.75, 3.05) is 16.6 Å². The molecule has 1 saturated heterocycles. The summed E-state index contributed by atoms with van der Waals surface area (Å²) in [4.78, 5) is 0. The van der Waals surface area contributed by atoms with Gasteiger partial charge in [-0.05, 0) is 24.6 Å². The van der Waals surface area contributed by atoms with Crippen molar-refractivity contribution in [2.45, 2.75) is 6.42 Å². The van der Waals surface area contributed by atoms with Crippen LogP contribution in [0.2, 0.25) is 10.0 Å². The first-order chi connectivity index (χ1) is 6.99. The van der Waals surface area contributed by atoms with Gasteiger partial charge in [0.1, 0.15) is 0 Å². The van der Waals surface area contributed by atoms with Crippen LogP contribution >= 0.6 is 23.2 Å². The van der Waals surface area contributed by atoms with E-state index in [0.717, 1.165) is 0 Å². The predicted octanol–water partition coefficient (Wildman–Crippen LogP) is 2.53. The molecule has 1 aliphatic rings. The lowest BCUT2D eigenvalue weighted by atomic mass is 10.3. The molecule has 3 nitrogen and oxygen atoms in total. The van der Waals surface area contributed by atoms with Crippen molar-refractivity contribution < 1.29 is 8.42 Å². The Balaban J connectivity index is 2.46. The molecule has 0 aromatic heterocycles. The molecule has 0 amide bonds. The molecule has 1 aliphatic heterocycles. The SMILES string of the molecule is O=S1(=O)CCCN1c1cc(Cl)cc(Cl)c1. The van der Waals surface area contributed by atoms with Crippen molar-refractivity contribution in [3.05, 3.63) is 28.2 Å². The van der Waals surface area contributed by atoms with Crippen LogP contribution < -0.4 is 4.31 Å². The van der Waals surface area contributed by atoms with Crippen LogP contribution in [0.4, 0.5) is 5.69 Å². The zero-order valence-electron chi connectivity index (χ0n) is 7.78.